The number of hydrogen-bond donors (Lipinski definition) is 0. The Balaban J connectivity index is 2.60. The number of alkyl halides is 1. The molecule has 1 unspecified atom stereocenters. The highest BCUT2D eigenvalue weighted by atomic mass is 79.9. The van der Waals surface area contributed by atoms with Gasteiger partial charge in [0.25, 0.3) is 0 Å². The van der Waals surface area contributed by atoms with Gasteiger partial charge in [0.05, 0.1) is 11.0 Å². The Bertz CT molecular complexity index is 498. The summed E-state index contributed by atoms with van der Waals surface area (Å²) in [6, 6.07) is 8.18. The first-order valence-corrected chi connectivity index (χ1v) is 10.00. The average molecular weight is 412 g/mol. The highest BCUT2D eigenvalue weighted by molar-refractivity contribution is 9.10. The molecule has 0 saturated carbocycles. The van der Waals surface area contributed by atoms with E-state index < -0.39 is 9.84 Å². The molecule has 0 N–H and O–H groups in total. The molecule has 0 saturated heterocycles. The lowest BCUT2D eigenvalue weighted by molar-refractivity contribution is 0.548. The quantitative estimate of drug-likeness (QED) is 0.629. The molecule has 1 aromatic rings. The summed E-state index contributed by atoms with van der Waals surface area (Å²) in [6.45, 7) is 3.49. The topological polar surface area (TPSA) is 34.1 Å². The Hall–Kier alpha value is 0.130. The van der Waals surface area contributed by atoms with E-state index in [-0.39, 0.29) is 11.0 Å². The zero-order valence-electron chi connectivity index (χ0n) is 11.3. The standard InChI is InChI=1S/C14H20Br2O2S/c1-11(2)19(17,18)7-6-13(10-15)8-12-4-3-5-14(16)9-12/h3-5,9,11,13H,6-8,10H2,1-2H3. The van der Waals surface area contributed by atoms with E-state index in [0.717, 1.165) is 16.2 Å². The molecule has 108 valence electrons. The molecule has 1 atom stereocenters. The molecule has 0 amide bonds. The summed E-state index contributed by atoms with van der Waals surface area (Å²) < 4.78 is 24.7. The molecular formula is C14H20Br2O2S. The van der Waals surface area contributed by atoms with Crippen LogP contribution in [-0.2, 0) is 16.3 Å². The van der Waals surface area contributed by atoms with Crippen LogP contribution in [0.1, 0.15) is 25.8 Å². The smallest absolute Gasteiger partial charge is 0.152 e. The molecule has 0 heterocycles. The second-order valence-corrected chi connectivity index (χ2v) is 9.30. The van der Waals surface area contributed by atoms with Gasteiger partial charge in [0.2, 0.25) is 0 Å². The van der Waals surface area contributed by atoms with Crippen LogP contribution in [0.5, 0.6) is 0 Å². The maximum absolute atomic E-state index is 11.8. The normalized spacial score (nSPS) is 13.7. The van der Waals surface area contributed by atoms with Crippen LogP contribution in [0.25, 0.3) is 0 Å². The predicted octanol–water partition coefficient (Wildman–Crippen LogP) is 4.22. The first-order valence-electron chi connectivity index (χ1n) is 6.37. The summed E-state index contributed by atoms with van der Waals surface area (Å²) in [5.41, 5.74) is 1.24. The van der Waals surface area contributed by atoms with Gasteiger partial charge in [-0.25, -0.2) is 8.42 Å². The van der Waals surface area contributed by atoms with Gasteiger partial charge in [-0.05, 0) is 50.3 Å². The fourth-order valence-electron chi connectivity index (χ4n) is 1.80. The zero-order chi connectivity index (χ0) is 14.5. The summed E-state index contributed by atoms with van der Waals surface area (Å²) in [5, 5.41) is 0.544. The monoisotopic (exact) mass is 410 g/mol. The van der Waals surface area contributed by atoms with Crippen LogP contribution in [0.15, 0.2) is 28.7 Å². The van der Waals surface area contributed by atoms with Gasteiger partial charge in [0.15, 0.2) is 9.84 Å². The van der Waals surface area contributed by atoms with E-state index in [1.165, 1.54) is 5.56 Å². The Labute approximate surface area is 133 Å². The van der Waals surface area contributed by atoms with E-state index >= 15 is 0 Å². The second-order valence-electron chi connectivity index (χ2n) is 5.06. The van der Waals surface area contributed by atoms with Gasteiger partial charge >= 0.3 is 0 Å². The molecule has 0 aliphatic heterocycles. The third-order valence-electron chi connectivity index (χ3n) is 3.16. The number of halogens is 2. The predicted molar refractivity (Wildman–Crippen MR) is 88.7 cm³/mol. The lowest BCUT2D eigenvalue weighted by Crippen LogP contribution is -2.21. The Kier molecular flexibility index (Phi) is 7.05. The average Bonchev–Trinajstić information content (AvgIpc) is 2.34. The van der Waals surface area contributed by atoms with E-state index in [1.54, 1.807) is 13.8 Å². The summed E-state index contributed by atoms with van der Waals surface area (Å²) in [6.07, 6.45) is 1.61. The van der Waals surface area contributed by atoms with Crippen LogP contribution < -0.4 is 0 Å². The molecular weight excluding hydrogens is 392 g/mol. The van der Waals surface area contributed by atoms with Gasteiger partial charge in [-0.3, -0.25) is 0 Å². The van der Waals surface area contributed by atoms with Crippen LogP contribution >= 0.6 is 31.9 Å². The number of hydrogen-bond acceptors (Lipinski definition) is 2. The molecule has 0 bridgehead atoms. The van der Waals surface area contributed by atoms with Crippen molar-refractivity contribution < 1.29 is 8.42 Å². The molecule has 1 aromatic carbocycles. The third kappa shape index (κ3) is 5.96. The van der Waals surface area contributed by atoms with Crippen molar-refractivity contribution in [1.29, 1.82) is 0 Å². The van der Waals surface area contributed by atoms with Gasteiger partial charge in [-0.1, -0.05) is 44.0 Å². The van der Waals surface area contributed by atoms with Crippen LogP contribution in [0.2, 0.25) is 0 Å². The van der Waals surface area contributed by atoms with E-state index in [2.05, 4.69) is 44.0 Å². The first-order chi connectivity index (χ1) is 8.85. The van der Waals surface area contributed by atoms with Gasteiger partial charge in [-0.15, -0.1) is 0 Å². The van der Waals surface area contributed by atoms with E-state index in [9.17, 15) is 8.42 Å². The van der Waals surface area contributed by atoms with Gasteiger partial charge in [0.1, 0.15) is 0 Å². The van der Waals surface area contributed by atoms with Gasteiger partial charge < -0.3 is 0 Å². The van der Waals surface area contributed by atoms with E-state index in [1.807, 2.05) is 12.1 Å². The summed E-state index contributed by atoms with van der Waals surface area (Å²) in [4.78, 5) is 0. The van der Waals surface area contributed by atoms with Crippen LogP contribution in [0.4, 0.5) is 0 Å². The van der Waals surface area contributed by atoms with Crippen LogP contribution in [-0.4, -0.2) is 24.8 Å². The molecule has 19 heavy (non-hydrogen) atoms. The minimum atomic E-state index is -2.93. The van der Waals surface area contributed by atoms with E-state index in [0.29, 0.717) is 12.3 Å². The van der Waals surface area contributed by atoms with Crippen LogP contribution in [0, 0.1) is 5.92 Å². The van der Waals surface area contributed by atoms with Crippen molar-refractivity contribution in [3.63, 3.8) is 0 Å². The minimum Gasteiger partial charge on any atom is -0.229 e. The van der Waals surface area contributed by atoms with Gasteiger partial charge in [-0.2, -0.15) is 0 Å². The van der Waals surface area contributed by atoms with Crippen molar-refractivity contribution in [2.75, 3.05) is 11.1 Å². The van der Waals surface area contributed by atoms with Crippen molar-refractivity contribution in [3.05, 3.63) is 34.3 Å². The van der Waals surface area contributed by atoms with E-state index in [4.69, 9.17) is 0 Å². The maximum atomic E-state index is 11.8. The fourth-order valence-corrected chi connectivity index (χ4v) is 3.93. The maximum Gasteiger partial charge on any atom is 0.152 e. The zero-order valence-corrected chi connectivity index (χ0v) is 15.3. The fraction of sp³-hybridized carbons (Fsp3) is 0.571. The number of sulfone groups is 1. The molecule has 5 heteroatoms. The molecule has 0 radical (unpaired) electrons. The van der Waals surface area contributed by atoms with Crippen molar-refractivity contribution in [3.8, 4) is 0 Å². The molecule has 0 aliphatic carbocycles. The van der Waals surface area contributed by atoms with Crippen molar-refractivity contribution in [2.45, 2.75) is 31.9 Å². The second kappa shape index (κ2) is 7.79. The first kappa shape index (κ1) is 17.2. The SMILES string of the molecule is CC(C)S(=O)(=O)CCC(CBr)Cc1cccc(Br)c1. The molecule has 0 aliphatic rings. The van der Waals surface area contributed by atoms with Gasteiger partial charge in [0, 0.05) is 9.80 Å². The molecule has 2 nitrogen and oxygen atoms in total. The van der Waals surface area contributed by atoms with Crippen molar-refractivity contribution >= 4 is 41.7 Å². The largest absolute Gasteiger partial charge is 0.229 e. The number of rotatable bonds is 7. The summed E-state index contributed by atoms with van der Waals surface area (Å²) in [5.74, 6) is 0.623. The Morgan fingerprint density at radius 2 is 1.95 bits per heavy atom. The highest BCUT2D eigenvalue weighted by Crippen LogP contribution is 2.19. The van der Waals surface area contributed by atoms with Crippen LogP contribution in [0.3, 0.4) is 0 Å². The number of benzene rings is 1. The minimum absolute atomic E-state index is 0.273. The molecule has 1 rings (SSSR count). The lowest BCUT2D eigenvalue weighted by atomic mass is 9.99. The summed E-state index contributed by atoms with van der Waals surface area (Å²) in [7, 11) is -2.93. The highest BCUT2D eigenvalue weighted by Gasteiger charge is 2.18. The van der Waals surface area contributed by atoms with Crippen molar-refractivity contribution in [2.24, 2.45) is 5.92 Å². The lowest BCUT2D eigenvalue weighted by Gasteiger charge is -2.15. The Morgan fingerprint density at radius 3 is 2.47 bits per heavy atom. The molecule has 0 spiro atoms. The molecule has 0 fully saturated rings. The molecule has 0 aromatic heterocycles. The Morgan fingerprint density at radius 1 is 1.26 bits per heavy atom. The van der Waals surface area contributed by atoms with Crippen molar-refractivity contribution in [1.82, 2.24) is 0 Å². The third-order valence-corrected chi connectivity index (χ3v) is 6.81. The summed E-state index contributed by atoms with van der Waals surface area (Å²) >= 11 is 6.95.